The molecule has 0 spiro atoms. The summed E-state index contributed by atoms with van der Waals surface area (Å²) in [5, 5.41) is 3.59. The minimum Gasteiger partial charge on any atom is -0.465 e. The van der Waals surface area contributed by atoms with Gasteiger partial charge < -0.3 is 9.64 Å². The Labute approximate surface area is 147 Å². The molecule has 0 amide bonds. The van der Waals surface area contributed by atoms with E-state index < -0.39 is 5.54 Å². The summed E-state index contributed by atoms with van der Waals surface area (Å²) in [7, 11) is 2.14. The quantitative estimate of drug-likeness (QED) is 0.767. The van der Waals surface area contributed by atoms with E-state index in [-0.39, 0.29) is 5.97 Å². The van der Waals surface area contributed by atoms with E-state index in [4.69, 9.17) is 4.74 Å². The van der Waals surface area contributed by atoms with Crippen molar-refractivity contribution in [2.24, 2.45) is 0 Å². The molecule has 0 aliphatic carbocycles. The number of likely N-dealkylation sites (tertiary alicyclic amines) is 1. The van der Waals surface area contributed by atoms with Gasteiger partial charge in [-0.25, -0.2) is 0 Å². The highest BCUT2D eigenvalue weighted by molar-refractivity contribution is 9.10. The molecule has 1 heterocycles. The number of rotatable bonds is 6. The topological polar surface area (TPSA) is 41.6 Å². The van der Waals surface area contributed by atoms with Gasteiger partial charge in [0.1, 0.15) is 5.54 Å². The van der Waals surface area contributed by atoms with Crippen LogP contribution in [0.4, 0.5) is 0 Å². The first-order valence-corrected chi connectivity index (χ1v) is 9.10. The lowest BCUT2D eigenvalue weighted by Gasteiger charge is -2.37. The van der Waals surface area contributed by atoms with Gasteiger partial charge in [0, 0.05) is 16.9 Å². The molecule has 5 heteroatoms. The number of hydrogen-bond acceptors (Lipinski definition) is 4. The molecular weight excluding hydrogens is 356 g/mol. The second-order valence-electron chi connectivity index (χ2n) is 6.58. The van der Waals surface area contributed by atoms with Crippen molar-refractivity contribution in [3.05, 3.63) is 34.3 Å². The summed E-state index contributed by atoms with van der Waals surface area (Å²) < 4.78 is 6.39. The van der Waals surface area contributed by atoms with Gasteiger partial charge in [0.25, 0.3) is 0 Å². The molecule has 23 heavy (non-hydrogen) atoms. The number of nitrogens with one attached hydrogen (secondary N) is 1. The van der Waals surface area contributed by atoms with Crippen LogP contribution >= 0.6 is 15.9 Å². The summed E-state index contributed by atoms with van der Waals surface area (Å²) in [4.78, 5) is 14.9. The summed E-state index contributed by atoms with van der Waals surface area (Å²) in [6.45, 7) is 6.35. The zero-order chi connectivity index (χ0) is 16.9. The molecule has 0 saturated carbocycles. The molecule has 0 radical (unpaired) electrons. The highest BCUT2D eigenvalue weighted by Gasteiger charge is 2.37. The molecule has 1 fully saturated rings. The van der Waals surface area contributed by atoms with Crippen molar-refractivity contribution in [1.29, 1.82) is 0 Å². The predicted molar refractivity (Wildman–Crippen MR) is 96.5 cm³/mol. The van der Waals surface area contributed by atoms with Crippen LogP contribution in [0, 0.1) is 0 Å². The lowest BCUT2D eigenvalue weighted by molar-refractivity contribution is -0.151. The number of carbonyl (C=O) groups is 1. The van der Waals surface area contributed by atoms with Crippen LogP contribution in [0.5, 0.6) is 0 Å². The average molecular weight is 383 g/mol. The Balaban J connectivity index is 2.11. The zero-order valence-corrected chi connectivity index (χ0v) is 15.9. The highest BCUT2D eigenvalue weighted by atomic mass is 79.9. The van der Waals surface area contributed by atoms with E-state index in [1.165, 1.54) is 0 Å². The van der Waals surface area contributed by atoms with E-state index in [9.17, 15) is 4.79 Å². The highest BCUT2D eigenvalue weighted by Crippen LogP contribution is 2.21. The lowest BCUT2D eigenvalue weighted by atomic mass is 9.90. The molecule has 4 nitrogen and oxygen atoms in total. The Hall–Kier alpha value is -0.910. The minimum atomic E-state index is -0.690. The predicted octanol–water partition coefficient (Wildman–Crippen LogP) is 3.00. The molecule has 1 aromatic carbocycles. The molecule has 1 saturated heterocycles. The molecule has 1 aromatic rings. The van der Waals surface area contributed by atoms with E-state index in [0.717, 1.165) is 36.0 Å². The van der Waals surface area contributed by atoms with Crippen molar-refractivity contribution < 1.29 is 9.53 Å². The first-order valence-electron chi connectivity index (χ1n) is 8.31. The summed E-state index contributed by atoms with van der Waals surface area (Å²) in [5.74, 6) is -0.165. The third-order valence-electron chi connectivity index (χ3n) is 4.44. The number of piperidine rings is 1. The molecule has 0 unspecified atom stereocenters. The van der Waals surface area contributed by atoms with Crippen molar-refractivity contribution in [1.82, 2.24) is 10.2 Å². The first-order chi connectivity index (χ1) is 10.9. The van der Waals surface area contributed by atoms with E-state index in [0.29, 0.717) is 19.1 Å². The van der Waals surface area contributed by atoms with Crippen LogP contribution in [0.3, 0.4) is 0 Å². The van der Waals surface area contributed by atoms with Gasteiger partial charge in [0.2, 0.25) is 0 Å². The SMILES string of the molecule is CCOC(=O)[C@@](C)(Cc1ccc(Br)cc1)NC1CCN(C)CC1. The molecule has 128 valence electrons. The van der Waals surface area contributed by atoms with Gasteiger partial charge in [-0.2, -0.15) is 0 Å². The van der Waals surface area contributed by atoms with Crippen molar-refractivity contribution in [2.45, 2.75) is 44.7 Å². The van der Waals surface area contributed by atoms with Gasteiger partial charge in [-0.15, -0.1) is 0 Å². The fourth-order valence-corrected chi connectivity index (χ4v) is 3.35. The summed E-state index contributed by atoms with van der Waals surface area (Å²) >= 11 is 3.45. The fourth-order valence-electron chi connectivity index (χ4n) is 3.09. The smallest absolute Gasteiger partial charge is 0.326 e. The zero-order valence-electron chi connectivity index (χ0n) is 14.3. The van der Waals surface area contributed by atoms with Crippen molar-refractivity contribution in [2.75, 3.05) is 26.7 Å². The Bertz CT molecular complexity index is 512. The Morgan fingerprint density at radius 3 is 2.52 bits per heavy atom. The lowest BCUT2D eigenvalue weighted by Crippen LogP contribution is -2.58. The maximum absolute atomic E-state index is 12.6. The van der Waals surface area contributed by atoms with Crippen molar-refractivity contribution in [3.8, 4) is 0 Å². The van der Waals surface area contributed by atoms with Gasteiger partial charge in [-0.3, -0.25) is 10.1 Å². The third kappa shape index (κ3) is 5.30. The van der Waals surface area contributed by atoms with Crippen molar-refractivity contribution in [3.63, 3.8) is 0 Å². The van der Waals surface area contributed by atoms with E-state index in [1.54, 1.807) is 0 Å². The third-order valence-corrected chi connectivity index (χ3v) is 4.97. The molecule has 1 atom stereocenters. The normalized spacial score (nSPS) is 19.3. The monoisotopic (exact) mass is 382 g/mol. The van der Waals surface area contributed by atoms with Crippen LogP contribution in [0.2, 0.25) is 0 Å². The van der Waals surface area contributed by atoms with Crippen LogP contribution in [0.1, 0.15) is 32.3 Å². The van der Waals surface area contributed by atoms with Gasteiger partial charge in [0.15, 0.2) is 0 Å². The Morgan fingerprint density at radius 2 is 1.96 bits per heavy atom. The van der Waals surface area contributed by atoms with E-state index >= 15 is 0 Å². The van der Waals surface area contributed by atoms with Crippen LogP contribution in [0.25, 0.3) is 0 Å². The largest absolute Gasteiger partial charge is 0.465 e. The fraction of sp³-hybridized carbons (Fsp3) is 0.611. The van der Waals surface area contributed by atoms with Crippen LogP contribution in [-0.4, -0.2) is 49.2 Å². The van der Waals surface area contributed by atoms with E-state index in [2.05, 4.69) is 45.3 Å². The minimum absolute atomic E-state index is 0.165. The standard InChI is InChI=1S/C18H27BrN2O2/c1-4-23-17(22)18(2,13-14-5-7-15(19)8-6-14)20-16-9-11-21(3)12-10-16/h5-8,16,20H,4,9-13H2,1-3H3/t18-/m1/s1. The number of halogens is 1. The number of esters is 1. The molecule has 0 bridgehead atoms. The number of carbonyl (C=O) groups excluding carboxylic acids is 1. The summed E-state index contributed by atoms with van der Waals surface area (Å²) in [6.07, 6.45) is 2.75. The first kappa shape index (κ1) is 18.4. The molecule has 0 aromatic heterocycles. The number of nitrogens with zero attached hydrogens (tertiary/aromatic N) is 1. The maximum atomic E-state index is 12.6. The molecule has 2 rings (SSSR count). The molecule has 1 aliphatic rings. The number of ether oxygens (including phenoxy) is 1. The molecular formula is C18H27BrN2O2. The summed E-state index contributed by atoms with van der Waals surface area (Å²) in [6, 6.07) is 8.49. The van der Waals surface area contributed by atoms with Crippen molar-refractivity contribution >= 4 is 21.9 Å². The van der Waals surface area contributed by atoms with Gasteiger partial charge >= 0.3 is 5.97 Å². The Morgan fingerprint density at radius 1 is 1.35 bits per heavy atom. The van der Waals surface area contributed by atoms with Crippen LogP contribution in [-0.2, 0) is 16.0 Å². The van der Waals surface area contributed by atoms with Crippen LogP contribution in [0.15, 0.2) is 28.7 Å². The van der Waals surface area contributed by atoms with Crippen LogP contribution < -0.4 is 5.32 Å². The maximum Gasteiger partial charge on any atom is 0.326 e. The number of benzene rings is 1. The van der Waals surface area contributed by atoms with Gasteiger partial charge in [-0.1, -0.05) is 28.1 Å². The summed E-state index contributed by atoms with van der Waals surface area (Å²) in [5.41, 5.74) is 0.439. The molecule has 1 aliphatic heterocycles. The van der Waals surface area contributed by atoms with E-state index in [1.807, 2.05) is 26.0 Å². The van der Waals surface area contributed by atoms with Gasteiger partial charge in [-0.05, 0) is 64.5 Å². The Kier molecular flexibility index (Phi) is 6.62. The number of hydrogen-bond donors (Lipinski definition) is 1. The van der Waals surface area contributed by atoms with Gasteiger partial charge in [0.05, 0.1) is 6.61 Å². The second kappa shape index (κ2) is 8.27. The second-order valence-corrected chi connectivity index (χ2v) is 7.49. The molecule has 1 N–H and O–H groups in total. The average Bonchev–Trinajstić information content (AvgIpc) is 2.52.